The van der Waals surface area contributed by atoms with Crippen LogP contribution < -0.4 is 5.73 Å². The molecule has 0 spiro atoms. The van der Waals surface area contributed by atoms with Crippen molar-refractivity contribution in [3.63, 3.8) is 0 Å². The van der Waals surface area contributed by atoms with Crippen LogP contribution in [0.4, 0.5) is 0 Å². The predicted octanol–water partition coefficient (Wildman–Crippen LogP) is 1.83. The first-order valence-electron chi connectivity index (χ1n) is 4.53. The molecule has 0 aromatic heterocycles. The van der Waals surface area contributed by atoms with Crippen LogP contribution >= 0.6 is 23.2 Å². The van der Waals surface area contributed by atoms with Crippen LogP contribution in [0, 0.1) is 0 Å². The molecule has 0 aliphatic carbocycles. The second-order valence-corrected chi connectivity index (χ2v) is 3.98. The van der Waals surface area contributed by atoms with Crippen LogP contribution in [0.2, 0.25) is 10.0 Å². The maximum atomic E-state index is 9.15. The van der Waals surface area contributed by atoms with E-state index < -0.39 is 6.10 Å². The van der Waals surface area contributed by atoms with E-state index >= 15 is 0 Å². The molecule has 0 aliphatic heterocycles. The second-order valence-electron chi connectivity index (χ2n) is 3.14. The molecule has 0 radical (unpaired) electrons. The highest BCUT2D eigenvalue weighted by atomic mass is 35.5. The molecule has 0 fully saturated rings. The van der Waals surface area contributed by atoms with E-state index in [1.165, 1.54) is 0 Å². The largest absolute Gasteiger partial charge is 0.389 e. The molecule has 3 N–H and O–H groups in total. The van der Waals surface area contributed by atoms with Gasteiger partial charge in [0.15, 0.2) is 0 Å². The lowest BCUT2D eigenvalue weighted by molar-refractivity contribution is 0.0329. The van der Waals surface area contributed by atoms with Crippen molar-refractivity contribution in [2.24, 2.45) is 5.73 Å². The van der Waals surface area contributed by atoms with Crippen LogP contribution in [0.1, 0.15) is 5.56 Å². The SMILES string of the molecule is NCC(O)COCc1cc(Cl)ccc1Cl. The molecule has 1 unspecified atom stereocenters. The zero-order chi connectivity index (χ0) is 11.3. The fraction of sp³-hybridized carbons (Fsp3) is 0.400. The number of hydrogen-bond acceptors (Lipinski definition) is 3. The number of benzene rings is 1. The Morgan fingerprint density at radius 2 is 2.13 bits per heavy atom. The summed E-state index contributed by atoms with van der Waals surface area (Å²) in [5, 5.41) is 10.4. The fourth-order valence-electron chi connectivity index (χ4n) is 1.03. The van der Waals surface area contributed by atoms with Gasteiger partial charge in [-0.2, -0.15) is 0 Å². The topological polar surface area (TPSA) is 55.5 Å². The van der Waals surface area contributed by atoms with Crippen molar-refractivity contribution in [1.82, 2.24) is 0 Å². The minimum absolute atomic E-state index is 0.184. The Bertz CT molecular complexity index is 320. The van der Waals surface area contributed by atoms with Gasteiger partial charge in [-0.3, -0.25) is 0 Å². The van der Waals surface area contributed by atoms with Crippen molar-refractivity contribution in [2.75, 3.05) is 13.2 Å². The van der Waals surface area contributed by atoms with Crippen LogP contribution in [0.5, 0.6) is 0 Å². The molecular formula is C10H13Cl2NO2. The van der Waals surface area contributed by atoms with Crippen LogP contribution in [0.25, 0.3) is 0 Å². The molecule has 1 aromatic rings. The molecule has 0 bridgehead atoms. The molecule has 0 heterocycles. The molecule has 1 atom stereocenters. The molecule has 1 rings (SSSR count). The molecule has 0 saturated heterocycles. The maximum Gasteiger partial charge on any atom is 0.0895 e. The Labute approximate surface area is 98.7 Å². The van der Waals surface area contributed by atoms with Crippen LogP contribution in [0.3, 0.4) is 0 Å². The van der Waals surface area contributed by atoms with Crippen LogP contribution in [-0.4, -0.2) is 24.4 Å². The van der Waals surface area contributed by atoms with E-state index in [0.29, 0.717) is 16.7 Å². The summed E-state index contributed by atoms with van der Waals surface area (Å²) in [5.41, 5.74) is 6.03. The molecule has 0 saturated carbocycles. The van der Waals surface area contributed by atoms with Crippen molar-refractivity contribution >= 4 is 23.2 Å². The first-order valence-corrected chi connectivity index (χ1v) is 5.29. The van der Waals surface area contributed by atoms with Crippen molar-refractivity contribution in [2.45, 2.75) is 12.7 Å². The smallest absolute Gasteiger partial charge is 0.0895 e. The summed E-state index contributed by atoms with van der Waals surface area (Å²) in [5.74, 6) is 0. The average molecular weight is 250 g/mol. The standard InChI is InChI=1S/C10H13Cl2NO2/c11-8-1-2-10(12)7(3-8)5-15-6-9(14)4-13/h1-3,9,14H,4-6,13H2. The van der Waals surface area contributed by atoms with E-state index in [1.54, 1.807) is 18.2 Å². The van der Waals surface area contributed by atoms with Gasteiger partial charge < -0.3 is 15.6 Å². The van der Waals surface area contributed by atoms with Gasteiger partial charge in [-0.05, 0) is 23.8 Å². The van der Waals surface area contributed by atoms with Gasteiger partial charge in [-0.1, -0.05) is 23.2 Å². The third-order valence-electron chi connectivity index (χ3n) is 1.85. The van der Waals surface area contributed by atoms with Gasteiger partial charge in [-0.25, -0.2) is 0 Å². The van der Waals surface area contributed by atoms with Gasteiger partial charge >= 0.3 is 0 Å². The van der Waals surface area contributed by atoms with E-state index in [9.17, 15) is 0 Å². The minimum Gasteiger partial charge on any atom is -0.389 e. The van der Waals surface area contributed by atoms with Crippen molar-refractivity contribution in [3.8, 4) is 0 Å². The monoisotopic (exact) mass is 249 g/mol. The Balaban J connectivity index is 2.46. The molecule has 5 heteroatoms. The van der Waals surface area contributed by atoms with Gasteiger partial charge in [-0.15, -0.1) is 0 Å². The summed E-state index contributed by atoms with van der Waals surface area (Å²) < 4.78 is 5.24. The molecular weight excluding hydrogens is 237 g/mol. The van der Waals surface area contributed by atoms with Gasteiger partial charge in [0, 0.05) is 16.6 Å². The Hall–Kier alpha value is -0.320. The molecule has 1 aromatic carbocycles. The molecule has 0 amide bonds. The summed E-state index contributed by atoms with van der Waals surface area (Å²) in [6.07, 6.45) is -0.636. The highest BCUT2D eigenvalue weighted by molar-refractivity contribution is 6.33. The number of nitrogens with two attached hydrogens (primary N) is 1. The predicted molar refractivity (Wildman–Crippen MR) is 61.2 cm³/mol. The lowest BCUT2D eigenvalue weighted by Crippen LogP contribution is -2.25. The summed E-state index contributed by atoms with van der Waals surface area (Å²) in [6, 6.07) is 5.16. The van der Waals surface area contributed by atoms with Gasteiger partial charge in [0.1, 0.15) is 0 Å². The van der Waals surface area contributed by atoms with E-state index in [1.807, 2.05) is 0 Å². The average Bonchev–Trinajstić information content (AvgIpc) is 2.23. The minimum atomic E-state index is -0.636. The number of ether oxygens (including phenoxy) is 1. The second kappa shape index (κ2) is 6.30. The van der Waals surface area contributed by atoms with Crippen LogP contribution in [0.15, 0.2) is 18.2 Å². The number of aliphatic hydroxyl groups is 1. The van der Waals surface area contributed by atoms with Crippen LogP contribution in [-0.2, 0) is 11.3 Å². The lowest BCUT2D eigenvalue weighted by Gasteiger charge is -2.09. The molecule has 15 heavy (non-hydrogen) atoms. The first kappa shape index (κ1) is 12.7. The summed E-state index contributed by atoms with van der Waals surface area (Å²) in [6.45, 7) is 0.694. The Morgan fingerprint density at radius 1 is 1.40 bits per heavy atom. The number of aliphatic hydroxyl groups excluding tert-OH is 1. The van der Waals surface area contributed by atoms with Crippen molar-refractivity contribution < 1.29 is 9.84 Å². The number of rotatable bonds is 5. The molecule has 3 nitrogen and oxygen atoms in total. The Kier molecular flexibility index (Phi) is 5.36. The molecule has 0 aliphatic rings. The number of hydrogen-bond donors (Lipinski definition) is 2. The maximum absolute atomic E-state index is 9.15. The Morgan fingerprint density at radius 3 is 2.80 bits per heavy atom. The van der Waals surface area contributed by atoms with Crippen molar-refractivity contribution in [1.29, 1.82) is 0 Å². The summed E-state index contributed by atoms with van der Waals surface area (Å²) in [7, 11) is 0. The third kappa shape index (κ3) is 4.36. The van der Waals surface area contributed by atoms with Gasteiger partial charge in [0.25, 0.3) is 0 Å². The van der Waals surface area contributed by atoms with Gasteiger partial charge in [0.05, 0.1) is 19.3 Å². The zero-order valence-electron chi connectivity index (χ0n) is 8.12. The highest BCUT2D eigenvalue weighted by Crippen LogP contribution is 2.21. The van der Waals surface area contributed by atoms with E-state index in [4.69, 9.17) is 38.8 Å². The normalized spacial score (nSPS) is 12.8. The van der Waals surface area contributed by atoms with E-state index in [0.717, 1.165) is 5.56 Å². The summed E-state index contributed by atoms with van der Waals surface area (Å²) >= 11 is 11.7. The lowest BCUT2D eigenvalue weighted by atomic mass is 10.2. The quantitative estimate of drug-likeness (QED) is 0.838. The van der Waals surface area contributed by atoms with Crippen molar-refractivity contribution in [3.05, 3.63) is 33.8 Å². The molecule has 84 valence electrons. The first-order chi connectivity index (χ1) is 7.13. The number of halogens is 2. The third-order valence-corrected chi connectivity index (χ3v) is 2.45. The highest BCUT2D eigenvalue weighted by Gasteiger charge is 2.04. The fourth-order valence-corrected chi connectivity index (χ4v) is 1.39. The summed E-state index contributed by atoms with van der Waals surface area (Å²) in [4.78, 5) is 0. The zero-order valence-corrected chi connectivity index (χ0v) is 9.63. The van der Waals surface area contributed by atoms with Gasteiger partial charge in [0.2, 0.25) is 0 Å². The van der Waals surface area contributed by atoms with E-state index in [2.05, 4.69) is 0 Å². The van der Waals surface area contributed by atoms with E-state index in [-0.39, 0.29) is 13.2 Å².